The number of carbonyl (C=O) groups is 1. The van der Waals surface area contributed by atoms with Gasteiger partial charge in [0, 0.05) is 38.2 Å². The Labute approximate surface area is 197 Å². The molecule has 6 nitrogen and oxygen atoms in total. The molecule has 1 aromatic heterocycles. The van der Waals surface area contributed by atoms with Gasteiger partial charge in [0.1, 0.15) is 5.75 Å². The summed E-state index contributed by atoms with van der Waals surface area (Å²) in [5.74, 6) is 0.932. The topological polar surface area (TPSA) is 55.7 Å². The second-order valence-corrected chi connectivity index (χ2v) is 7.94. The Morgan fingerprint density at radius 3 is 2.61 bits per heavy atom. The van der Waals surface area contributed by atoms with Gasteiger partial charge in [0.25, 0.3) is 0 Å². The molecule has 176 valence electrons. The van der Waals surface area contributed by atoms with E-state index in [2.05, 4.69) is 40.3 Å². The van der Waals surface area contributed by atoms with Crippen LogP contribution in [0.15, 0.2) is 72.9 Å². The first-order valence-corrected chi connectivity index (χ1v) is 11.6. The summed E-state index contributed by atoms with van der Waals surface area (Å²) in [5, 5.41) is 3.27. The van der Waals surface area contributed by atoms with Gasteiger partial charge in [-0.3, -0.25) is 4.79 Å². The van der Waals surface area contributed by atoms with Crippen molar-refractivity contribution in [2.75, 3.05) is 33.4 Å². The van der Waals surface area contributed by atoms with Crippen molar-refractivity contribution in [1.29, 1.82) is 0 Å². The van der Waals surface area contributed by atoms with E-state index in [1.807, 2.05) is 54.3 Å². The zero-order chi connectivity index (χ0) is 23.3. The molecule has 1 heterocycles. The zero-order valence-electron chi connectivity index (χ0n) is 19.7. The van der Waals surface area contributed by atoms with E-state index in [1.165, 1.54) is 0 Å². The van der Waals surface area contributed by atoms with Crippen molar-refractivity contribution in [1.82, 2.24) is 14.8 Å². The maximum atomic E-state index is 13.1. The summed E-state index contributed by atoms with van der Waals surface area (Å²) in [6.07, 6.45) is 2.95. The van der Waals surface area contributed by atoms with Gasteiger partial charge in [-0.25, -0.2) is 0 Å². The SMILES string of the molecule is CCOCCCNCC(=O)N(Cc1ccccc1)Cc1cccn1Cc1cccc(OC)c1. The van der Waals surface area contributed by atoms with Crippen molar-refractivity contribution >= 4 is 5.91 Å². The molecular weight excluding hydrogens is 414 g/mol. The molecule has 3 rings (SSSR count). The molecule has 6 heteroatoms. The van der Waals surface area contributed by atoms with Gasteiger partial charge >= 0.3 is 0 Å². The van der Waals surface area contributed by atoms with Gasteiger partial charge < -0.3 is 24.3 Å². The number of aromatic nitrogens is 1. The third-order valence-corrected chi connectivity index (χ3v) is 5.46. The van der Waals surface area contributed by atoms with Crippen molar-refractivity contribution in [3.8, 4) is 5.75 Å². The molecule has 0 saturated heterocycles. The van der Waals surface area contributed by atoms with Crippen LogP contribution in [-0.2, 0) is 29.2 Å². The minimum Gasteiger partial charge on any atom is -0.497 e. The molecule has 0 unspecified atom stereocenters. The van der Waals surface area contributed by atoms with Crippen molar-refractivity contribution < 1.29 is 14.3 Å². The lowest BCUT2D eigenvalue weighted by atomic mass is 10.2. The fraction of sp³-hybridized carbons (Fsp3) is 0.370. The number of ether oxygens (including phenoxy) is 2. The number of hydrogen-bond donors (Lipinski definition) is 1. The fourth-order valence-electron chi connectivity index (χ4n) is 3.70. The highest BCUT2D eigenvalue weighted by Gasteiger charge is 2.16. The third-order valence-electron chi connectivity index (χ3n) is 5.46. The van der Waals surface area contributed by atoms with Crippen LogP contribution in [0.3, 0.4) is 0 Å². The largest absolute Gasteiger partial charge is 0.497 e. The van der Waals surface area contributed by atoms with E-state index in [1.54, 1.807) is 7.11 Å². The smallest absolute Gasteiger partial charge is 0.237 e. The van der Waals surface area contributed by atoms with Crippen LogP contribution in [0.25, 0.3) is 0 Å². The summed E-state index contributed by atoms with van der Waals surface area (Å²) in [5.41, 5.74) is 3.37. The average Bonchev–Trinajstić information content (AvgIpc) is 3.28. The number of amides is 1. The predicted molar refractivity (Wildman–Crippen MR) is 131 cm³/mol. The Morgan fingerprint density at radius 2 is 1.82 bits per heavy atom. The molecule has 0 aliphatic rings. The molecule has 0 aliphatic heterocycles. The van der Waals surface area contributed by atoms with Crippen LogP contribution in [0.4, 0.5) is 0 Å². The van der Waals surface area contributed by atoms with Crippen molar-refractivity contribution in [2.24, 2.45) is 0 Å². The van der Waals surface area contributed by atoms with E-state index in [0.717, 1.165) is 48.7 Å². The van der Waals surface area contributed by atoms with E-state index >= 15 is 0 Å². The van der Waals surface area contributed by atoms with Gasteiger partial charge in [0.05, 0.1) is 20.2 Å². The summed E-state index contributed by atoms with van der Waals surface area (Å²) >= 11 is 0. The van der Waals surface area contributed by atoms with Crippen LogP contribution in [0.5, 0.6) is 5.75 Å². The first kappa shape index (κ1) is 24.6. The third kappa shape index (κ3) is 8.08. The van der Waals surface area contributed by atoms with Gasteiger partial charge in [-0.05, 0) is 55.3 Å². The molecule has 1 N–H and O–H groups in total. The summed E-state index contributed by atoms with van der Waals surface area (Å²) < 4.78 is 12.9. The van der Waals surface area contributed by atoms with E-state index in [0.29, 0.717) is 26.2 Å². The minimum atomic E-state index is 0.0874. The molecule has 0 radical (unpaired) electrons. The van der Waals surface area contributed by atoms with Crippen molar-refractivity contribution in [2.45, 2.75) is 33.0 Å². The molecule has 0 fully saturated rings. The second-order valence-electron chi connectivity index (χ2n) is 7.94. The van der Waals surface area contributed by atoms with Gasteiger partial charge in [-0.2, -0.15) is 0 Å². The van der Waals surface area contributed by atoms with Gasteiger partial charge in [-0.15, -0.1) is 0 Å². The summed E-state index contributed by atoms with van der Waals surface area (Å²) in [6.45, 7) is 6.34. The van der Waals surface area contributed by atoms with Crippen molar-refractivity contribution in [3.05, 3.63) is 89.7 Å². The summed E-state index contributed by atoms with van der Waals surface area (Å²) in [7, 11) is 1.68. The molecule has 0 spiro atoms. The van der Waals surface area contributed by atoms with Crippen LogP contribution in [-0.4, -0.2) is 48.8 Å². The second kappa shape index (κ2) is 13.5. The van der Waals surface area contributed by atoms with Crippen LogP contribution in [0, 0.1) is 0 Å². The molecule has 0 bridgehead atoms. The fourth-order valence-corrected chi connectivity index (χ4v) is 3.70. The number of rotatable bonds is 14. The number of nitrogens with one attached hydrogen (secondary N) is 1. The quantitative estimate of drug-likeness (QED) is 0.377. The molecule has 0 atom stereocenters. The minimum absolute atomic E-state index is 0.0874. The van der Waals surface area contributed by atoms with Crippen LogP contribution in [0.2, 0.25) is 0 Å². The highest BCUT2D eigenvalue weighted by Crippen LogP contribution is 2.17. The van der Waals surface area contributed by atoms with Crippen molar-refractivity contribution in [3.63, 3.8) is 0 Å². The van der Waals surface area contributed by atoms with E-state index in [9.17, 15) is 4.79 Å². The molecule has 2 aromatic carbocycles. The molecule has 3 aromatic rings. The van der Waals surface area contributed by atoms with Gasteiger partial charge in [0.2, 0.25) is 5.91 Å². The normalized spacial score (nSPS) is 10.8. The Hall–Kier alpha value is -3.09. The van der Waals surface area contributed by atoms with E-state index in [-0.39, 0.29) is 5.91 Å². The summed E-state index contributed by atoms with van der Waals surface area (Å²) in [4.78, 5) is 15.0. The lowest BCUT2D eigenvalue weighted by Crippen LogP contribution is -2.38. The maximum absolute atomic E-state index is 13.1. The monoisotopic (exact) mass is 449 g/mol. The first-order valence-electron chi connectivity index (χ1n) is 11.6. The number of methoxy groups -OCH3 is 1. The Balaban J connectivity index is 1.67. The number of nitrogens with zero attached hydrogens (tertiary/aromatic N) is 2. The number of benzene rings is 2. The van der Waals surface area contributed by atoms with Crippen LogP contribution >= 0.6 is 0 Å². The highest BCUT2D eigenvalue weighted by molar-refractivity contribution is 5.78. The molecule has 0 aliphatic carbocycles. The summed E-state index contributed by atoms with van der Waals surface area (Å²) in [6, 6.07) is 22.3. The standard InChI is InChI=1S/C27H35N3O3/c1-3-33-17-9-15-28-19-27(31)30(20-23-10-5-4-6-11-23)22-25-13-8-16-29(25)21-24-12-7-14-26(18-24)32-2/h4-8,10-14,16,18,28H,3,9,15,17,19-22H2,1-2H3. The van der Waals surface area contributed by atoms with E-state index < -0.39 is 0 Å². The van der Waals surface area contributed by atoms with Gasteiger partial charge in [0.15, 0.2) is 0 Å². The van der Waals surface area contributed by atoms with Crippen LogP contribution < -0.4 is 10.1 Å². The van der Waals surface area contributed by atoms with E-state index in [4.69, 9.17) is 9.47 Å². The average molecular weight is 450 g/mol. The Morgan fingerprint density at radius 1 is 1.00 bits per heavy atom. The Bertz CT molecular complexity index is 972. The Kier molecular flexibility index (Phi) is 10.0. The highest BCUT2D eigenvalue weighted by atomic mass is 16.5. The molecule has 1 amide bonds. The molecular formula is C27H35N3O3. The first-order chi connectivity index (χ1) is 16.2. The molecule has 0 saturated carbocycles. The predicted octanol–water partition coefficient (Wildman–Crippen LogP) is 4.09. The number of hydrogen-bond acceptors (Lipinski definition) is 4. The molecule has 33 heavy (non-hydrogen) atoms. The van der Waals surface area contributed by atoms with Gasteiger partial charge in [-0.1, -0.05) is 42.5 Å². The lowest BCUT2D eigenvalue weighted by molar-refractivity contribution is -0.131. The lowest BCUT2D eigenvalue weighted by Gasteiger charge is -2.24. The van der Waals surface area contributed by atoms with Crippen LogP contribution in [0.1, 0.15) is 30.2 Å². The number of carbonyl (C=O) groups excluding carboxylic acids is 1. The zero-order valence-corrected chi connectivity index (χ0v) is 19.7. The maximum Gasteiger partial charge on any atom is 0.237 e.